The molecule has 0 radical (unpaired) electrons. The quantitative estimate of drug-likeness (QED) is 0.758. The van der Waals surface area contributed by atoms with Gasteiger partial charge in [0.1, 0.15) is 5.82 Å². The van der Waals surface area contributed by atoms with Crippen LogP contribution in [0.25, 0.3) is 10.2 Å². The second kappa shape index (κ2) is 3.81. The van der Waals surface area contributed by atoms with E-state index in [1.807, 2.05) is 19.3 Å². The summed E-state index contributed by atoms with van der Waals surface area (Å²) in [6, 6.07) is 6.42. The van der Waals surface area contributed by atoms with Crippen molar-refractivity contribution in [3.63, 3.8) is 0 Å². The molecule has 86 valence electrons. The van der Waals surface area contributed by atoms with Gasteiger partial charge in [0.2, 0.25) is 0 Å². The summed E-state index contributed by atoms with van der Waals surface area (Å²) in [7, 11) is 1.85. The van der Waals surface area contributed by atoms with Crippen molar-refractivity contribution in [1.29, 1.82) is 0 Å². The van der Waals surface area contributed by atoms with E-state index in [0.717, 1.165) is 16.0 Å². The highest BCUT2D eigenvalue weighted by Crippen LogP contribution is 2.28. The summed E-state index contributed by atoms with van der Waals surface area (Å²) >= 11 is 1.40. The van der Waals surface area contributed by atoms with E-state index < -0.39 is 0 Å². The molecule has 0 aliphatic carbocycles. The summed E-state index contributed by atoms with van der Waals surface area (Å²) < 4.78 is 15.5. The van der Waals surface area contributed by atoms with E-state index in [2.05, 4.69) is 15.4 Å². The van der Waals surface area contributed by atoms with Crippen molar-refractivity contribution in [2.75, 3.05) is 5.32 Å². The van der Waals surface area contributed by atoms with Crippen molar-refractivity contribution in [3.05, 3.63) is 36.3 Å². The fraction of sp³-hybridized carbons (Fsp3) is 0.0909. The van der Waals surface area contributed by atoms with Gasteiger partial charge in [-0.15, -0.1) is 0 Å². The Balaban J connectivity index is 1.95. The largest absolute Gasteiger partial charge is 0.315 e. The molecular weight excluding hydrogens is 239 g/mol. The van der Waals surface area contributed by atoms with Crippen LogP contribution < -0.4 is 5.32 Å². The molecule has 3 aromatic rings. The first-order chi connectivity index (χ1) is 8.20. The lowest BCUT2D eigenvalue weighted by Crippen LogP contribution is -1.92. The van der Waals surface area contributed by atoms with Crippen molar-refractivity contribution in [3.8, 4) is 0 Å². The number of aryl methyl sites for hydroxylation is 1. The van der Waals surface area contributed by atoms with Crippen LogP contribution in [-0.2, 0) is 7.05 Å². The van der Waals surface area contributed by atoms with Gasteiger partial charge in [-0.3, -0.25) is 4.68 Å². The molecule has 1 N–H and O–H groups in total. The van der Waals surface area contributed by atoms with E-state index in [1.165, 1.54) is 23.5 Å². The SMILES string of the molecule is Cn1ccc(Nc2nc3ccc(F)cc3s2)n1. The standard InChI is InChI=1S/C11H9FN4S/c1-16-5-4-10(15-16)14-11-13-8-3-2-7(12)6-9(8)17-11/h2-6H,1H3,(H,13,14,15). The number of benzene rings is 1. The van der Waals surface area contributed by atoms with Crippen molar-refractivity contribution in [2.24, 2.45) is 7.05 Å². The summed E-state index contributed by atoms with van der Waals surface area (Å²) in [5, 5.41) is 7.99. The maximum atomic E-state index is 13.0. The van der Waals surface area contributed by atoms with Crippen LogP contribution in [0.2, 0.25) is 0 Å². The van der Waals surface area contributed by atoms with Crippen LogP contribution >= 0.6 is 11.3 Å². The first kappa shape index (κ1) is 10.2. The molecule has 0 aliphatic rings. The van der Waals surface area contributed by atoms with Gasteiger partial charge in [0.25, 0.3) is 0 Å². The Morgan fingerprint density at radius 3 is 3.00 bits per heavy atom. The van der Waals surface area contributed by atoms with Gasteiger partial charge in [-0.1, -0.05) is 11.3 Å². The van der Waals surface area contributed by atoms with E-state index in [4.69, 9.17) is 0 Å². The highest BCUT2D eigenvalue weighted by atomic mass is 32.1. The zero-order valence-corrected chi connectivity index (χ0v) is 9.83. The number of hydrogen-bond acceptors (Lipinski definition) is 4. The van der Waals surface area contributed by atoms with Gasteiger partial charge in [0, 0.05) is 19.3 Å². The molecule has 0 saturated carbocycles. The van der Waals surface area contributed by atoms with Crippen LogP contribution in [0.1, 0.15) is 0 Å². The zero-order chi connectivity index (χ0) is 11.8. The Hall–Kier alpha value is -1.95. The molecule has 0 saturated heterocycles. The van der Waals surface area contributed by atoms with E-state index >= 15 is 0 Å². The number of nitrogens with one attached hydrogen (secondary N) is 1. The highest BCUT2D eigenvalue weighted by molar-refractivity contribution is 7.22. The predicted molar refractivity (Wildman–Crippen MR) is 66.1 cm³/mol. The van der Waals surface area contributed by atoms with Crippen molar-refractivity contribution in [2.45, 2.75) is 0 Å². The average molecular weight is 248 g/mol. The monoisotopic (exact) mass is 248 g/mol. The number of rotatable bonds is 2. The van der Waals surface area contributed by atoms with Crippen LogP contribution in [-0.4, -0.2) is 14.8 Å². The lowest BCUT2D eigenvalue weighted by atomic mass is 10.3. The predicted octanol–water partition coefficient (Wildman–Crippen LogP) is 2.91. The second-order valence-corrected chi connectivity index (χ2v) is 4.66. The summed E-state index contributed by atoms with van der Waals surface area (Å²) in [6.45, 7) is 0. The number of thiazole rings is 1. The molecule has 0 bridgehead atoms. The molecule has 0 fully saturated rings. The smallest absolute Gasteiger partial charge is 0.189 e. The minimum Gasteiger partial charge on any atom is -0.315 e. The maximum absolute atomic E-state index is 13.0. The third kappa shape index (κ3) is 1.99. The van der Waals surface area contributed by atoms with E-state index in [9.17, 15) is 4.39 Å². The minimum atomic E-state index is -0.245. The van der Waals surface area contributed by atoms with Crippen molar-refractivity contribution < 1.29 is 4.39 Å². The van der Waals surface area contributed by atoms with E-state index in [-0.39, 0.29) is 5.82 Å². The fourth-order valence-corrected chi connectivity index (χ4v) is 2.44. The molecule has 6 heteroatoms. The molecule has 3 rings (SSSR count). The van der Waals surface area contributed by atoms with Gasteiger partial charge in [0.05, 0.1) is 10.2 Å². The zero-order valence-electron chi connectivity index (χ0n) is 9.01. The van der Waals surface area contributed by atoms with Gasteiger partial charge in [0.15, 0.2) is 10.9 Å². The topological polar surface area (TPSA) is 42.7 Å². The number of fused-ring (bicyclic) bond motifs is 1. The van der Waals surface area contributed by atoms with Gasteiger partial charge >= 0.3 is 0 Å². The van der Waals surface area contributed by atoms with E-state index in [1.54, 1.807) is 10.7 Å². The summed E-state index contributed by atoms with van der Waals surface area (Å²) in [5.74, 6) is 0.484. The summed E-state index contributed by atoms with van der Waals surface area (Å²) in [5.41, 5.74) is 0.787. The van der Waals surface area contributed by atoms with Gasteiger partial charge in [-0.2, -0.15) is 5.10 Å². The summed E-state index contributed by atoms with van der Waals surface area (Å²) in [6.07, 6.45) is 1.84. The Morgan fingerprint density at radius 1 is 1.35 bits per heavy atom. The fourth-order valence-electron chi connectivity index (χ4n) is 1.54. The molecule has 0 atom stereocenters. The normalized spacial score (nSPS) is 10.9. The summed E-state index contributed by atoms with van der Waals surface area (Å²) in [4.78, 5) is 4.35. The van der Waals surface area contributed by atoms with Crippen LogP contribution in [0.5, 0.6) is 0 Å². The van der Waals surface area contributed by atoms with E-state index in [0.29, 0.717) is 5.13 Å². The molecular formula is C11H9FN4S. The third-order valence-electron chi connectivity index (χ3n) is 2.30. The molecule has 0 aliphatic heterocycles. The van der Waals surface area contributed by atoms with Gasteiger partial charge in [-0.05, 0) is 18.2 Å². The first-order valence-electron chi connectivity index (χ1n) is 5.03. The van der Waals surface area contributed by atoms with Gasteiger partial charge < -0.3 is 5.32 Å². The lowest BCUT2D eigenvalue weighted by Gasteiger charge is -1.94. The Bertz CT molecular complexity index is 673. The second-order valence-electron chi connectivity index (χ2n) is 3.63. The number of anilines is 2. The molecule has 0 spiro atoms. The van der Waals surface area contributed by atoms with Crippen molar-refractivity contribution >= 4 is 32.5 Å². The van der Waals surface area contributed by atoms with Crippen LogP contribution in [0, 0.1) is 5.82 Å². The molecule has 17 heavy (non-hydrogen) atoms. The minimum absolute atomic E-state index is 0.245. The highest BCUT2D eigenvalue weighted by Gasteiger charge is 2.06. The first-order valence-corrected chi connectivity index (χ1v) is 5.85. The average Bonchev–Trinajstić information content (AvgIpc) is 2.84. The van der Waals surface area contributed by atoms with Crippen LogP contribution in [0.4, 0.5) is 15.3 Å². The molecule has 0 amide bonds. The third-order valence-corrected chi connectivity index (χ3v) is 3.23. The Kier molecular flexibility index (Phi) is 2.29. The van der Waals surface area contributed by atoms with Crippen molar-refractivity contribution in [1.82, 2.24) is 14.8 Å². The number of hydrogen-bond donors (Lipinski definition) is 1. The Labute approximate surface area is 101 Å². The lowest BCUT2D eigenvalue weighted by molar-refractivity contribution is 0.630. The molecule has 2 aromatic heterocycles. The van der Waals surface area contributed by atoms with Gasteiger partial charge in [-0.25, -0.2) is 9.37 Å². The molecule has 2 heterocycles. The maximum Gasteiger partial charge on any atom is 0.189 e. The number of aromatic nitrogens is 3. The Morgan fingerprint density at radius 2 is 2.24 bits per heavy atom. The molecule has 1 aromatic carbocycles. The number of nitrogens with zero attached hydrogens (tertiary/aromatic N) is 3. The van der Waals surface area contributed by atoms with Crippen LogP contribution in [0.15, 0.2) is 30.5 Å². The molecule has 0 unspecified atom stereocenters. The molecule has 4 nitrogen and oxygen atoms in total. The number of halogens is 1. The van der Waals surface area contributed by atoms with Crippen LogP contribution in [0.3, 0.4) is 0 Å².